The summed E-state index contributed by atoms with van der Waals surface area (Å²) in [6.45, 7) is 2.09. The molecule has 0 spiro atoms. The lowest BCUT2D eigenvalue weighted by Gasteiger charge is -2.29. The Morgan fingerprint density at radius 3 is 3.00 bits per heavy atom. The second-order valence-electron chi connectivity index (χ2n) is 4.15. The number of ketones is 1. The lowest BCUT2D eigenvalue weighted by Crippen LogP contribution is -2.32. The number of carbonyl (C=O) groups excluding carboxylic acids is 1. The zero-order chi connectivity index (χ0) is 10.8. The van der Waals surface area contributed by atoms with Crippen molar-refractivity contribution in [3.8, 4) is 0 Å². The van der Waals surface area contributed by atoms with E-state index in [-0.39, 0.29) is 17.4 Å². The van der Waals surface area contributed by atoms with E-state index in [4.69, 9.17) is 0 Å². The second-order valence-corrected chi connectivity index (χ2v) is 4.15. The van der Waals surface area contributed by atoms with Crippen molar-refractivity contribution in [2.75, 3.05) is 0 Å². The summed E-state index contributed by atoms with van der Waals surface area (Å²) in [4.78, 5) is 26.7. The Morgan fingerprint density at radius 2 is 2.27 bits per heavy atom. The summed E-state index contributed by atoms with van der Waals surface area (Å²) in [5.74, 6) is 0.629. The van der Waals surface area contributed by atoms with Crippen LogP contribution in [0.5, 0.6) is 0 Å². The van der Waals surface area contributed by atoms with Crippen molar-refractivity contribution in [3.05, 3.63) is 28.9 Å². The molecule has 0 amide bonds. The molecule has 0 N–H and O–H groups in total. The first-order valence-corrected chi connectivity index (χ1v) is 5.22. The zero-order valence-corrected chi connectivity index (χ0v) is 8.72. The lowest BCUT2D eigenvalue weighted by atomic mass is 9.85. The van der Waals surface area contributed by atoms with Gasteiger partial charge in [-0.2, -0.15) is 0 Å². The first-order valence-electron chi connectivity index (χ1n) is 5.22. The van der Waals surface area contributed by atoms with Gasteiger partial charge >= 0.3 is 0 Å². The maximum absolute atomic E-state index is 11.6. The summed E-state index contributed by atoms with van der Waals surface area (Å²) in [5.41, 5.74) is -0.121. The minimum absolute atomic E-state index is 0.0155. The van der Waals surface area contributed by atoms with Crippen LogP contribution in [0, 0.1) is 5.92 Å². The number of hydrogen-bond acceptors (Lipinski definition) is 3. The van der Waals surface area contributed by atoms with E-state index in [1.807, 2.05) is 0 Å². The third-order valence-corrected chi connectivity index (χ3v) is 3.08. The van der Waals surface area contributed by atoms with Gasteiger partial charge in [-0.15, -0.1) is 0 Å². The fourth-order valence-electron chi connectivity index (χ4n) is 2.12. The zero-order valence-electron chi connectivity index (χ0n) is 8.72. The Kier molecular flexibility index (Phi) is 2.66. The minimum atomic E-state index is -0.121. The Labute approximate surface area is 88.0 Å². The average molecular weight is 206 g/mol. The van der Waals surface area contributed by atoms with Crippen LogP contribution in [-0.4, -0.2) is 15.3 Å². The average Bonchev–Trinajstić information content (AvgIpc) is 2.23. The predicted octanol–water partition coefficient (Wildman–Crippen LogP) is 1.17. The highest BCUT2D eigenvalue weighted by Crippen LogP contribution is 2.30. The topological polar surface area (TPSA) is 52.0 Å². The summed E-state index contributed by atoms with van der Waals surface area (Å²) < 4.78 is 1.63. The van der Waals surface area contributed by atoms with E-state index in [0.717, 1.165) is 6.42 Å². The van der Waals surface area contributed by atoms with Crippen molar-refractivity contribution in [1.29, 1.82) is 0 Å². The lowest BCUT2D eigenvalue weighted by molar-refractivity contribution is -0.122. The maximum atomic E-state index is 11.6. The van der Waals surface area contributed by atoms with Crippen molar-refractivity contribution in [2.24, 2.45) is 5.92 Å². The van der Waals surface area contributed by atoms with Crippen LogP contribution in [-0.2, 0) is 4.79 Å². The number of nitrogens with zero attached hydrogens (tertiary/aromatic N) is 2. The number of rotatable bonds is 1. The van der Waals surface area contributed by atoms with Crippen LogP contribution in [0.25, 0.3) is 0 Å². The molecule has 0 saturated heterocycles. The molecular formula is C11H14N2O2. The first-order chi connectivity index (χ1) is 7.18. The Morgan fingerprint density at radius 1 is 1.47 bits per heavy atom. The van der Waals surface area contributed by atoms with Gasteiger partial charge in [-0.05, 0) is 12.3 Å². The van der Waals surface area contributed by atoms with Crippen molar-refractivity contribution in [1.82, 2.24) is 9.55 Å². The van der Waals surface area contributed by atoms with Crippen LogP contribution in [0.2, 0.25) is 0 Å². The predicted molar refractivity (Wildman–Crippen MR) is 55.6 cm³/mol. The monoisotopic (exact) mass is 206 g/mol. The third kappa shape index (κ3) is 1.98. The maximum Gasteiger partial charge on any atom is 0.269 e. The molecule has 80 valence electrons. The van der Waals surface area contributed by atoms with Crippen molar-refractivity contribution < 1.29 is 4.79 Å². The molecule has 0 bridgehead atoms. The molecule has 2 rings (SSSR count). The molecule has 1 aromatic rings. The Balaban J connectivity index is 2.33. The molecule has 1 aliphatic carbocycles. The second kappa shape index (κ2) is 3.96. The van der Waals surface area contributed by atoms with Gasteiger partial charge in [-0.1, -0.05) is 6.92 Å². The van der Waals surface area contributed by atoms with Gasteiger partial charge in [0, 0.05) is 31.3 Å². The highest BCUT2D eigenvalue weighted by Gasteiger charge is 2.27. The van der Waals surface area contributed by atoms with Crippen molar-refractivity contribution in [3.63, 3.8) is 0 Å². The van der Waals surface area contributed by atoms with Crippen LogP contribution >= 0.6 is 0 Å². The summed E-state index contributed by atoms with van der Waals surface area (Å²) in [7, 11) is 0. The van der Waals surface area contributed by atoms with Gasteiger partial charge in [-0.3, -0.25) is 14.6 Å². The summed E-state index contributed by atoms with van der Waals surface area (Å²) in [5, 5.41) is 0. The molecule has 2 atom stereocenters. The van der Waals surface area contributed by atoms with Gasteiger partial charge in [0.05, 0.1) is 6.20 Å². The molecule has 2 unspecified atom stereocenters. The van der Waals surface area contributed by atoms with Crippen LogP contribution < -0.4 is 5.56 Å². The molecule has 4 nitrogen and oxygen atoms in total. The molecule has 1 heterocycles. The highest BCUT2D eigenvalue weighted by atomic mass is 16.1. The molecule has 0 radical (unpaired) electrons. The molecule has 1 fully saturated rings. The van der Waals surface area contributed by atoms with Gasteiger partial charge in [0.2, 0.25) is 0 Å². The van der Waals surface area contributed by atoms with Gasteiger partial charge in [0.1, 0.15) is 5.78 Å². The van der Waals surface area contributed by atoms with Gasteiger partial charge in [-0.25, -0.2) is 0 Å². The molecule has 0 aliphatic heterocycles. The summed E-state index contributed by atoms with van der Waals surface area (Å²) in [6, 6.07) is 0.0155. The molecule has 0 aromatic carbocycles. The minimum Gasteiger partial charge on any atom is -0.309 e. The van der Waals surface area contributed by atoms with E-state index in [0.29, 0.717) is 18.8 Å². The molecular weight excluding hydrogens is 192 g/mol. The quantitative estimate of drug-likeness (QED) is 0.693. The standard InChI is InChI=1S/C11H14N2O2/c1-8-2-3-9(14)6-10(8)13-5-4-12-7-11(13)15/h4-5,7-8,10H,2-3,6H2,1H3. The van der Waals surface area contributed by atoms with Crippen molar-refractivity contribution in [2.45, 2.75) is 32.2 Å². The number of hydrogen-bond donors (Lipinski definition) is 0. The first kappa shape index (κ1) is 10.1. The highest BCUT2D eigenvalue weighted by molar-refractivity contribution is 5.79. The largest absolute Gasteiger partial charge is 0.309 e. The number of Topliss-reactive ketones (excluding diaryl/α,β-unsaturated/α-hetero) is 1. The molecule has 1 saturated carbocycles. The third-order valence-electron chi connectivity index (χ3n) is 3.08. The van der Waals surface area contributed by atoms with E-state index in [1.165, 1.54) is 6.20 Å². The molecule has 4 heteroatoms. The normalized spacial score (nSPS) is 26.6. The van der Waals surface area contributed by atoms with Gasteiger partial charge in [0.25, 0.3) is 5.56 Å². The van der Waals surface area contributed by atoms with Gasteiger partial charge < -0.3 is 4.57 Å². The van der Waals surface area contributed by atoms with E-state index >= 15 is 0 Å². The van der Waals surface area contributed by atoms with Crippen LogP contribution in [0.1, 0.15) is 32.2 Å². The van der Waals surface area contributed by atoms with E-state index in [2.05, 4.69) is 11.9 Å². The van der Waals surface area contributed by atoms with Crippen LogP contribution in [0.15, 0.2) is 23.4 Å². The number of carbonyl (C=O) groups is 1. The molecule has 1 aliphatic rings. The smallest absolute Gasteiger partial charge is 0.269 e. The van der Waals surface area contributed by atoms with Crippen molar-refractivity contribution >= 4 is 5.78 Å². The van der Waals surface area contributed by atoms with Crippen LogP contribution in [0.4, 0.5) is 0 Å². The molecule has 15 heavy (non-hydrogen) atoms. The fourth-order valence-corrected chi connectivity index (χ4v) is 2.12. The van der Waals surface area contributed by atoms with Crippen LogP contribution in [0.3, 0.4) is 0 Å². The van der Waals surface area contributed by atoms with E-state index in [1.54, 1.807) is 17.0 Å². The SMILES string of the molecule is CC1CCC(=O)CC1n1ccncc1=O. The fraction of sp³-hybridized carbons (Fsp3) is 0.545. The summed E-state index contributed by atoms with van der Waals surface area (Å²) >= 11 is 0. The Hall–Kier alpha value is -1.45. The van der Waals surface area contributed by atoms with Gasteiger partial charge in [0.15, 0.2) is 0 Å². The van der Waals surface area contributed by atoms with E-state index in [9.17, 15) is 9.59 Å². The Bertz CT molecular complexity index is 425. The summed E-state index contributed by atoms with van der Waals surface area (Å²) in [6.07, 6.45) is 6.56. The molecule has 1 aromatic heterocycles. The number of aromatic nitrogens is 2. The van der Waals surface area contributed by atoms with E-state index < -0.39 is 0 Å².